The zero-order chi connectivity index (χ0) is 23.9. The van der Waals surface area contributed by atoms with Crippen LogP contribution in [-0.4, -0.2) is 62.0 Å². The van der Waals surface area contributed by atoms with Gasteiger partial charge in [-0.15, -0.1) is 11.6 Å². The molecule has 2 heterocycles. The number of rotatable bonds is 6. The normalized spacial score (nSPS) is 15.0. The van der Waals surface area contributed by atoms with Crippen molar-refractivity contribution >= 4 is 61.4 Å². The summed E-state index contributed by atoms with van der Waals surface area (Å²) in [5.74, 6) is 1.54. The second kappa shape index (κ2) is 17.6. The minimum atomic E-state index is -0.260. The standard InChI is InChI=1S/C10H11ClO.C6H13ClN2S2.C6H7N.ClH.Ru/c1-7(2)12-10-5-4-9(11)6-8(10)3;1-10-8-3-4-9(11-2)6(8)5-7;1-6-2-4-7-5-3-6;;/h3-7H,1-2H3;6H,3-5H2,1-2H3;2-5H,1H3;1H;/q;;;;+1/p-1. The summed E-state index contributed by atoms with van der Waals surface area (Å²) in [5, 5.41) is 0.707. The van der Waals surface area contributed by atoms with Crippen molar-refractivity contribution in [2.24, 2.45) is 0 Å². The minimum Gasteiger partial charge on any atom is -0.265 e. The molecule has 0 amide bonds. The number of alkyl halides is 1. The van der Waals surface area contributed by atoms with E-state index in [2.05, 4.69) is 26.1 Å². The van der Waals surface area contributed by atoms with E-state index in [1.54, 1.807) is 36.3 Å². The molecular weight excluding hydrogens is 594 g/mol. The average Bonchev–Trinajstić information content (AvgIpc) is 3.19. The van der Waals surface area contributed by atoms with E-state index in [-0.39, 0.29) is 21.8 Å². The van der Waals surface area contributed by atoms with Crippen LogP contribution in [0.3, 0.4) is 0 Å². The van der Waals surface area contributed by atoms with Gasteiger partial charge in [0.15, 0.2) is 0 Å². The first-order valence-corrected chi connectivity index (χ1v) is 16.4. The first-order valence-electron chi connectivity index (χ1n) is 9.91. The number of hydrogen-bond donors (Lipinski definition) is 0. The predicted octanol–water partition coefficient (Wildman–Crippen LogP) is 6.63. The van der Waals surface area contributed by atoms with E-state index in [1.807, 2.05) is 55.7 Å². The molecule has 0 spiro atoms. The Kier molecular flexibility index (Phi) is 16.6. The summed E-state index contributed by atoms with van der Waals surface area (Å²) in [6, 6.07) is 9.51. The summed E-state index contributed by atoms with van der Waals surface area (Å²) in [4.78, 5) is 3.85. The molecule has 10 heteroatoms. The molecule has 0 atom stereocenters. The fourth-order valence-corrected chi connectivity index (χ4v) is 5.86. The SMILES string of the molecule is CC(C)Oc1ccc(Cl)cc1[CH]=[Ru][Cl].CSN1CCN(SC)C1CCl.Cc1ccncc1. The van der Waals surface area contributed by atoms with Gasteiger partial charge in [-0.2, -0.15) is 0 Å². The van der Waals surface area contributed by atoms with Gasteiger partial charge in [-0.1, -0.05) is 23.9 Å². The molecule has 181 valence electrons. The van der Waals surface area contributed by atoms with Gasteiger partial charge >= 0.3 is 101 Å². The molecule has 1 fully saturated rings. The van der Waals surface area contributed by atoms with Gasteiger partial charge in [0.25, 0.3) is 0 Å². The smallest absolute Gasteiger partial charge is 0.0952 e. The van der Waals surface area contributed by atoms with Gasteiger partial charge in [-0.3, -0.25) is 4.98 Å². The van der Waals surface area contributed by atoms with E-state index in [0.29, 0.717) is 17.1 Å². The number of aryl methyl sites for hydroxylation is 1. The fourth-order valence-electron chi connectivity index (χ4n) is 2.65. The molecule has 2 aromatic rings. The maximum Gasteiger partial charge on any atom is 0.0952 e. The third kappa shape index (κ3) is 11.5. The van der Waals surface area contributed by atoms with E-state index >= 15 is 0 Å². The van der Waals surface area contributed by atoms with Crippen LogP contribution in [0, 0.1) is 6.92 Å². The average molecular weight is 625 g/mol. The van der Waals surface area contributed by atoms with Crippen molar-refractivity contribution in [2.75, 3.05) is 31.5 Å². The maximum absolute atomic E-state index is 5.88. The maximum atomic E-state index is 5.88. The molecule has 3 rings (SSSR count). The van der Waals surface area contributed by atoms with E-state index in [1.165, 1.54) is 5.56 Å². The molecular formula is C22H31Cl3N3ORuS2. The summed E-state index contributed by atoms with van der Waals surface area (Å²) < 4.78 is 12.2. The Morgan fingerprint density at radius 1 is 1.16 bits per heavy atom. The van der Waals surface area contributed by atoms with Gasteiger partial charge in [0.1, 0.15) is 0 Å². The molecule has 32 heavy (non-hydrogen) atoms. The van der Waals surface area contributed by atoms with Crippen LogP contribution >= 0.6 is 56.8 Å². The first kappa shape index (κ1) is 30.2. The van der Waals surface area contributed by atoms with E-state index in [9.17, 15) is 0 Å². The quantitative estimate of drug-likeness (QED) is 0.204. The van der Waals surface area contributed by atoms with Crippen molar-refractivity contribution in [1.29, 1.82) is 0 Å². The molecule has 0 saturated carbocycles. The Hall–Kier alpha value is 0.153. The topological polar surface area (TPSA) is 28.6 Å². The van der Waals surface area contributed by atoms with E-state index < -0.39 is 0 Å². The molecule has 0 aliphatic carbocycles. The first-order chi connectivity index (χ1) is 15.4. The largest absolute Gasteiger partial charge is 0.265 e. The van der Waals surface area contributed by atoms with Crippen LogP contribution in [-0.2, 0) is 15.7 Å². The summed E-state index contributed by atoms with van der Waals surface area (Å²) in [7, 11) is 5.73. The second-order valence-electron chi connectivity index (χ2n) is 6.83. The van der Waals surface area contributed by atoms with Crippen LogP contribution in [0.2, 0.25) is 5.02 Å². The van der Waals surface area contributed by atoms with Crippen molar-refractivity contribution in [3.05, 3.63) is 58.9 Å². The van der Waals surface area contributed by atoms with Crippen molar-refractivity contribution in [2.45, 2.75) is 33.0 Å². The predicted molar refractivity (Wildman–Crippen MR) is 142 cm³/mol. The number of benzene rings is 1. The van der Waals surface area contributed by atoms with E-state index in [0.717, 1.165) is 24.4 Å². The van der Waals surface area contributed by atoms with Crippen molar-refractivity contribution in [3.8, 4) is 5.75 Å². The summed E-state index contributed by atoms with van der Waals surface area (Å²) in [5.41, 5.74) is 2.24. The Morgan fingerprint density at radius 3 is 2.16 bits per heavy atom. The number of aromatic nitrogens is 1. The Bertz CT molecular complexity index is 791. The number of halogens is 3. The third-order valence-electron chi connectivity index (χ3n) is 4.14. The molecule has 1 saturated heterocycles. The van der Waals surface area contributed by atoms with Crippen LogP contribution in [0.15, 0.2) is 42.7 Å². The van der Waals surface area contributed by atoms with Crippen LogP contribution in [0.1, 0.15) is 25.0 Å². The summed E-state index contributed by atoms with van der Waals surface area (Å²) in [6.45, 7) is 8.28. The summed E-state index contributed by atoms with van der Waals surface area (Å²) in [6.07, 6.45) is 8.35. The molecule has 1 aromatic carbocycles. The van der Waals surface area contributed by atoms with Crippen LogP contribution in [0.5, 0.6) is 5.75 Å². The van der Waals surface area contributed by atoms with Crippen LogP contribution in [0.25, 0.3) is 0 Å². The van der Waals surface area contributed by atoms with Crippen molar-refractivity contribution in [3.63, 3.8) is 0 Å². The molecule has 0 bridgehead atoms. The number of ether oxygens (including phenoxy) is 1. The summed E-state index contributed by atoms with van der Waals surface area (Å²) >= 11 is 15.0. The fraction of sp³-hybridized carbons (Fsp3) is 0.455. The number of pyridine rings is 1. The molecule has 1 aromatic heterocycles. The number of nitrogens with zero attached hydrogens (tertiary/aromatic N) is 3. The molecule has 1 aliphatic heterocycles. The van der Waals surface area contributed by atoms with Gasteiger partial charge in [0.2, 0.25) is 0 Å². The Labute approximate surface area is 223 Å². The zero-order valence-corrected chi connectivity index (χ0v) is 24.6. The second-order valence-corrected chi connectivity index (χ2v) is 11.0. The monoisotopic (exact) mass is 624 g/mol. The van der Waals surface area contributed by atoms with Crippen LogP contribution < -0.4 is 4.74 Å². The zero-order valence-electron chi connectivity index (χ0n) is 18.9. The third-order valence-corrected chi connectivity index (χ3v) is 7.63. The minimum absolute atomic E-state index is 0.162. The molecule has 0 unspecified atom stereocenters. The Balaban J connectivity index is 0.000000253. The van der Waals surface area contributed by atoms with Gasteiger partial charge in [0.05, 0.1) is 12.0 Å². The molecule has 0 radical (unpaired) electrons. The van der Waals surface area contributed by atoms with Gasteiger partial charge < -0.3 is 0 Å². The van der Waals surface area contributed by atoms with Gasteiger partial charge in [-0.05, 0) is 37.1 Å². The van der Waals surface area contributed by atoms with Gasteiger partial charge in [0, 0.05) is 25.5 Å². The molecule has 1 aliphatic rings. The van der Waals surface area contributed by atoms with Gasteiger partial charge in [-0.25, -0.2) is 8.61 Å². The van der Waals surface area contributed by atoms with E-state index in [4.69, 9.17) is 37.6 Å². The van der Waals surface area contributed by atoms with Crippen molar-refractivity contribution < 1.29 is 20.4 Å². The molecule has 0 N–H and O–H groups in total. The van der Waals surface area contributed by atoms with Crippen molar-refractivity contribution in [1.82, 2.24) is 13.6 Å². The Morgan fingerprint density at radius 2 is 1.75 bits per heavy atom. The number of hydrogen-bond acceptors (Lipinski definition) is 6. The molecule has 4 nitrogen and oxygen atoms in total. The van der Waals surface area contributed by atoms with Crippen LogP contribution in [0.4, 0.5) is 0 Å².